The lowest BCUT2D eigenvalue weighted by Crippen LogP contribution is -2.48. The molecule has 1 aliphatic rings. The Kier molecular flexibility index (Phi) is 6.73. The number of carbonyl (C=O) groups is 2. The van der Waals surface area contributed by atoms with Gasteiger partial charge in [-0.05, 0) is 37.1 Å². The molecule has 7 nitrogen and oxygen atoms in total. The maximum absolute atomic E-state index is 12.3. The molecule has 148 valence electrons. The van der Waals surface area contributed by atoms with E-state index in [1.165, 1.54) is 0 Å². The van der Waals surface area contributed by atoms with Gasteiger partial charge in [-0.1, -0.05) is 30.3 Å². The molecule has 1 fully saturated rings. The molecular formula is C21H25N3O4. The first-order valence-electron chi connectivity index (χ1n) is 9.32. The van der Waals surface area contributed by atoms with Gasteiger partial charge in [0.05, 0.1) is 7.11 Å². The van der Waals surface area contributed by atoms with E-state index < -0.39 is 0 Å². The van der Waals surface area contributed by atoms with Crippen LogP contribution in [0.15, 0.2) is 54.6 Å². The molecule has 2 N–H and O–H groups in total. The van der Waals surface area contributed by atoms with E-state index in [1.807, 2.05) is 42.5 Å². The molecule has 0 bridgehead atoms. The lowest BCUT2D eigenvalue weighted by atomic mass is 10.1. The Morgan fingerprint density at radius 3 is 2.32 bits per heavy atom. The number of nitrogens with one attached hydrogen (secondary N) is 2. The first-order chi connectivity index (χ1) is 13.7. The number of amides is 3. The van der Waals surface area contributed by atoms with Gasteiger partial charge in [0, 0.05) is 24.8 Å². The number of piperidine rings is 1. The molecule has 0 radical (unpaired) electrons. The summed E-state index contributed by atoms with van der Waals surface area (Å²) in [4.78, 5) is 26.2. The van der Waals surface area contributed by atoms with Crippen LogP contribution in [0, 0.1) is 0 Å². The molecule has 0 aromatic heterocycles. The van der Waals surface area contributed by atoms with Crippen LogP contribution in [0.25, 0.3) is 0 Å². The van der Waals surface area contributed by atoms with E-state index >= 15 is 0 Å². The molecule has 1 aliphatic heterocycles. The summed E-state index contributed by atoms with van der Waals surface area (Å²) in [7, 11) is 1.56. The number of nitrogens with zero attached hydrogens (tertiary/aromatic N) is 1. The van der Waals surface area contributed by atoms with E-state index in [0.717, 1.165) is 5.69 Å². The zero-order valence-electron chi connectivity index (χ0n) is 15.9. The van der Waals surface area contributed by atoms with Crippen LogP contribution >= 0.6 is 0 Å². The third kappa shape index (κ3) is 5.39. The smallest absolute Gasteiger partial charge is 0.321 e. The number of urea groups is 1. The minimum Gasteiger partial charge on any atom is -0.493 e. The average Bonchev–Trinajstić information content (AvgIpc) is 2.73. The fourth-order valence-electron chi connectivity index (χ4n) is 3.10. The van der Waals surface area contributed by atoms with E-state index in [0.29, 0.717) is 37.4 Å². The standard InChI is InChI=1S/C21H25N3O4/c1-27-18-9-5-6-10-19(18)28-15-20(25)22-17-11-13-24(14-12-17)21(26)23-16-7-3-2-4-8-16/h2-10,17H,11-15H2,1H3,(H,22,25)(H,23,26). The minimum atomic E-state index is -0.182. The van der Waals surface area contributed by atoms with Crippen LogP contribution in [0.1, 0.15) is 12.8 Å². The highest BCUT2D eigenvalue weighted by Crippen LogP contribution is 2.25. The molecule has 28 heavy (non-hydrogen) atoms. The van der Waals surface area contributed by atoms with Crippen LogP contribution in [0.4, 0.5) is 10.5 Å². The van der Waals surface area contributed by atoms with E-state index in [9.17, 15) is 9.59 Å². The van der Waals surface area contributed by atoms with Crippen LogP contribution < -0.4 is 20.1 Å². The van der Waals surface area contributed by atoms with E-state index in [2.05, 4.69) is 10.6 Å². The summed E-state index contributed by atoms with van der Waals surface area (Å²) in [5, 5.41) is 5.86. The van der Waals surface area contributed by atoms with Crippen LogP contribution in [0.5, 0.6) is 11.5 Å². The largest absolute Gasteiger partial charge is 0.493 e. The maximum Gasteiger partial charge on any atom is 0.321 e. The highest BCUT2D eigenvalue weighted by molar-refractivity contribution is 5.89. The summed E-state index contributed by atoms with van der Waals surface area (Å²) in [6.07, 6.45) is 1.42. The third-order valence-electron chi connectivity index (χ3n) is 4.60. The molecule has 0 saturated carbocycles. The normalized spacial score (nSPS) is 14.2. The quantitative estimate of drug-likeness (QED) is 0.804. The summed E-state index contributed by atoms with van der Waals surface area (Å²) in [5.74, 6) is 0.943. The number of carbonyl (C=O) groups excluding carboxylic acids is 2. The number of ether oxygens (including phenoxy) is 2. The highest BCUT2D eigenvalue weighted by atomic mass is 16.5. The zero-order chi connectivity index (χ0) is 19.8. The Morgan fingerprint density at radius 1 is 1.00 bits per heavy atom. The predicted molar refractivity (Wildman–Crippen MR) is 107 cm³/mol. The molecule has 2 aromatic carbocycles. The van der Waals surface area contributed by atoms with Gasteiger partial charge in [-0.2, -0.15) is 0 Å². The van der Waals surface area contributed by atoms with Crippen molar-refractivity contribution in [3.63, 3.8) is 0 Å². The second kappa shape index (κ2) is 9.64. The number of likely N-dealkylation sites (tertiary alicyclic amines) is 1. The first kappa shape index (κ1) is 19.5. The van der Waals surface area contributed by atoms with Crippen molar-refractivity contribution >= 4 is 17.6 Å². The van der Waals surface area contributed by atoms with Crippen LogP contribution in [0.2, 0.25) is 0 Å². The van der Waals surface area contributed by atoms with Crippen LogP contribution in [-0.2, 0) is 4.79 Å². The number of para-hydroxylation sites is 3. The monoisotopic (exact) mass is 383 g/mol. The SMILES string of the molecule is COc1ccccc1OCC(=O)NC1CCN(C(=O)Nc2ccccc2)CC1. The van der Waals surface area contributed by atoms with Gasteiger partial charge in [0.1, 0.15) is 0 Å². The van der Waals surface area contributed by atoms with Crippen LogP contribution in [0.3, 0.4) is 0 Å². The topological polar surface area (TPSA) is 79.9 Å². The highest BCUT2D eigenvalue weighted by Gasteiger charge is 2.24. The second-order valence-corrected chi connectivity index (χ2v) is 6.56. The van der Waals surface area contributed by atoms with E-state index in [-0.39, 0.29) is 24.6 Å². The predicted octanol–water partition coefficient (Wildman–Crippen LogP) is 2.89. The zero-order valence-corrected chi connectivity index (χ0v) is 15.9. The molecule has 3 rings (SSSR count). The van der Waals surface area contributed by atoms with Crippen molar-refractivity contribution in [3.8, 4) is 11.5 Å². The Bertz CT molecular complexity index is 789. The number of anilines is 1. The third-order valence-corrected chi connectivity index (χ3v) is 4.60. The van der Waals surface area contributed by atoms with Gasteiger partial charge in [0.25, 0.3) is 5.91 Å². The minimum absolute atomic E-state index is 0.0366. The fourth-order valence-corrected chi connectivity index (χ4v) is 3.10. The molecular weight excluding hydrogens is 358 g/mol. The number of hydrogen-bond acceptors (Lipinski definition) is 4. The molecule has 1 heterocycles. The van der Waals surface area contributed by atoms with Gasteiger partial charge in [0.2, 0.25) is 0 Å². The summed E-state index contributed by atoms with van der Waals surface area (Å²) in [6.45, 7) is 1.11. The lowest BCUT2D eigenvalue weighted by Gasteiger charge is -2.32. The maximum atomic E-state index is 12.3. The summed E-state index contributed by atoms with van der Waals surface area (Å²) in [5.41, 5.74) is 0.774. The van der Waals surface area contributed by atoms with Crippen molar-refractivity contribution in [2.45, 2.75) is 18.9 Å². The molecule has 2 aromatic rings. The van der Waals surface area contributed by atoms with Crippen molar-refractivity contribution in [2.24, 2.45) is 0 Å². The second-order valence-electron chi connectivity index (χ2n) is 6.56. The van der Waals surface area contributed by atoms with Gasteiger partial charge >= 0.3 is 6.03 Å². The van der Waals surface area contributed by atoms with Crippen molar-refractivity contribution in [1.29, 1.82) is 0 Å². The first-order valence-corrected chi connectivity index (χ1v) is 9.32. The summed E-state index contributed by atoms with van der Waals surface area (Å²) < 4.78 is 10.7. The van der Waals surface area contributed by atoms with Crippen LogP contribution in [-0.4, -0.2) is 49.7 Å². The number of rotatable bonds is 6. The fraction of sp³-hybridized carbons (Fsp3) is 0.333. The average molecular weight is 383 g/mol. The molecule has 0 unspecified atom stereocenters. The summed E-state index contributed by atoms with van der Waals surface area (Å²) >= 11 is 0. The van der Waals surface area contributed by atoms with Crippen molar-refractivity contribution < 1.29 is 19.1 Å². The number of hydrogen-bond donors (Lipinski definition) is 2. The molecule has 0 aliphatic carbocycles. The Labute approximate surface area is 164 Å². The Balaban J connectivity index is 1.40. The molecule has 0 spiro atoms. The van der Waals surface area contributed by atoms with Crippen molar-refractivity contribution in [1.82, 2.24) is 10.2 Å². The molecule has 7 heteroatoms. The van der Waals surface area contributed by atoms with Crippen molar-refractivity contribution in [2.75, 3.05) is 32.1 Å². The number of benzene rings is 2. The van der Waals surface area contributed by atoms with Gasteiger partial charge in [-0.15, -0.1) is 0 Å². The Morgan fingerprint density at radius 2 is 1.64 bits per heavy atom. The number of methoxy groups -OCH3 is 1. The van der Waals surface area contributed by atoms with Gasteiger partial charge in [-0.3, -0.25) is 4.79 Å². The summed E-state index contributed by atoms with van der Waals surface area (Å²) in [6, 6.07) is 16.5. The van der Waals surface area contributed by atoms with Gasteiger partial charge < -0.3 is 25.0 Å². The van der Waals surface area contributed by atoms with E-state index in [4.69, 9.17) is 9.47 Å². The Hall–Kier alpha value is -3.22. The van der Waals surface area contributed by atoms with Gasteiger partial charge in [0.15, 0.2) is 18.1 Å². The molecule has 3 amide bonds. The van der Waals surface area contributed by atoms with E-state index in [1.54, 1.807) is 24.1 Å². The lowest BCUT2D eigenvalue weighted by molar-refractivity contribution is -0.124. The molecule has 1 saturated heterocycles. The van der Waals surface area contributed by atoms with Gasteiger partial charge in [-0.25, -0.2) is 4.79 Å². The van der Waals surface area contributed by atoms with Crippen molar-refractivity contribution in [3.05, 3.63) is 54.6 Å². The molecule has 0 atom stereocenters.